The van der Waals surface area contributed by atoms with Crippen LogP contribution in [0.2, 0.25) is 0 Å². The highest BCUT2D eigenvalue weighted by Crippen LogP contribution is 2.26. The molecule has 10 heteroatoms. The van der Waals surface area contributed by atoms with E-state index in [0.717, 1.165) is 17.7 Å². The lowest BCUT2D eigenvalue weighted by atomic mass is 10.2. The number of hydrogen-bond donors (Lipinski definition) is 1. The molecule has 3 rings (SSSR count). The summed E-state index contributed by atoms with van der Waals surface area (Å²) in [6.45, 7) is 0. The summed E-state index contributed by atoms with van der Waals surface area (Å²) in [6, 6.07) is 13.4. The number of nitrogens with zero attached hydrogens (tertiary/aromatic N) is 3. The molecule has 0 spiro atoms. The van der Waals surface area contributed by atoms with Crippen molar-refractivity contribution in [2.24, 2.45) is 0 Å². The van der Waals surface area contributed by atoms with Gasteiger partial charge in [-0.1, -0.05) is 0 Å². The molecule has 3 aromatic rings. The maximum absolute atomic E-state index is 12.6. The van der Waals surface area contributed by atoms with Crippen molar-refractivity contribution in [3.8, 4) is 11.8 Å². The second kappa shape index (κ2) is 9.28. The minimum atomic E-state index is -4.78. The molecule has 152 valence electrons. The monoisotopic (exact) mass is 430 g/mol. The van der Waals surface area contributed by atoms with Gasteiger partial charge in [-0.25, -0.2) is 9.97 Å². The summed E-state index contributed by atoms with van der Waals surface area (Å²) in [6.07, 6.45) is -1.70. The van der Waals surface area contributed by atoms with E-state index in [0.29, 0.717) is 27.7 Å². The number of hydrogen-bond acceptors (Lipinski definition) is 6. The third-order valence-corrected chi connectivity index (χ3v) is 4.75. The number of pyridine rings is 2. The van der Waals surface area contributed by atoms with Crippen LogP contribution in [0.3, 0.4) is 0 Å². The zero-order chi connectivity index (χ0) is 21.6. The number of rotatable bonds is 6. The average Bonchev–Trinajstić information content (AvgIpc) is 2.73. The molecule has 1 amide bonds. The number of carbonyl (C=O) groups is 1. The maximum atomic E-state index is 12.6. The van der Waals surface area contributed by atoms with Crippen molar-refractivity contribution in [1.82, 2.24) is 9.97 Å². The number of nitrogens with one attached hydrogen (secondary N) is 1. The van der Waals surface area contributed by atoms with Crippen LogP contribution in [0.4, 0.5) is 18.9 Å². The van der Waals surface area contributed by atoms with Gasteiger partial charge in [-0.15, -0.1) is 24.9 Å². The smallest absolute Gasteiger partial charge is 0.406 e. The second-order valence-electron chi connectivity index (χ2n) is 5.83. The van der Waals surface area contributed by atoms with E-state index in [1.54, 1.807) is 30.5 Å². The second-order valence-corrected chi connectivity index (χ2v) is 6.80. The maximum Gasteiger partial charge on any atom is 0.573 e. The first kappa shape index (κ1) is 21.1. The van der Waals surface area contributed by atoms with E-state index in [4.69, 9.17) is 5.26 Å². The molecule has 6 nitrogen and oxygen atoms in total. The molecule has 0 bridgehead atoms. The van der Waals surface area contributed by atoms with Gasteiger partial charge >= 0.3 is 6.36 Å². The SMILES string of the molecule is N#Cc1cc(CSc2ncccc2C(=O)Nc2ccc(OC(F)(F)F)cc2)ccn1. The van der Waals surface area contributed by atoms with E-state index >= 15 is 0 Å². The van der Waals surface area contributed by atoms with Crippen LogP contribution >= 0.6 is 11.8 Å². The highest BCUT2D eigenvalue weighted by molar-refractivity contribution is 7.98. The number of halogens is 3. The van der Waals surface area contributed by atoms with Gasteiger partial charge in [-0.3, -0.25) is 4.79 Å². The number of anilines is 1. The molecule has 0 aliphatic carbocycles. The van der Waals surface area contributed by atoms with E-state index in [1.807, 2.05) is 6.07 Å². The zero-order valence-electron chi connectivity index (χ0n) is 15.2. The summed E-state index contributed by atoms with van der Waals surface area (Å²) < 4.78 is 40.5. The fourth-order valence-electron chi connectivity index (χ4n) is 2.39. The molecule has 0 saturated heterocycles. The Bertz CT molecular complexity index is 1080. The quantitative estimate of drug-likeness (QED) is 0.566. The first-order valence-electron chi connectivity index (χ1n) is 8.44. The molecule has 0 aliphatic rings. The van der Waals surface area contributed by atoms with Gasteiger partial charge in [-0.05, 0) is 54.1 Å². The van der Waals surface area contributed by atoms with Crippen LogP contribution in [0.1, 0.15) is 21.6 Å². The lowest BCUT2D eigenvalue weighted by molar-refractivity contribution is -0.274. The topological polar surface area (TPSA) is 87.9 Å². The summed E-state index contributed by atoms with van der Waals surface area (Å²) in [5.74, 6) is -0.368. The Hall–Kier alpha value is -3.58. The van der Waals surface area contributed by atoms with Crippen LogP contribution in [0.5, 0.6) is 5.75 Å². The summed E-state index contributed by atoms with van der Waals surface area (Å²) >= 11 is 1.31. The molecular formula is C20H13F3N4O2S. The fourth-order valence-corrected chi connectivity index (χ4v) is 3.33. The van der Waals surface area contributed by atoms with Gasteiger partial charge in [0.1, 0.15) is 22.5 Å². The number of alkyl halides is 3. The van der Waals surface area contributed by atoms with Crippen LogP contribution in [-0.2, 0) is 5.75 Å². The largest absolute Gasteiger partial charge is 0.573 e. The predicted molar refractivity (Wildman–Crippen MR) is 104 cm³/mol. The Morgan fingerprint density at radius 1 is 1.13 bits per heavy atom. The number of ether oxygens (including phenoxy) is 1. The Labute approximate surface area is 173 Å². The molecule has 0 fully saturated rings. The first-order chi connectivity index (χ1) is 14.3. The lowest BCUT2D eigenvalue weighted by Crippen LogP contribution is -2.17. The van der Waals surface area contributed by atoms with Crippen molar-refractivity contribution >= 4 is 23.4 Å². The standard InChI is InChI=1S/C20H13F3N4O2S/c21-20(22,23)29-16-5-3-14(4-6-16)27-18(28)17-2-1-8-26-19(17)30-12-13-7-9-25-15(10-13)11-24/h1-10H,12H2,(H,27,28). The van der Waals surface area contributed by atoms with Crippen molar-refractivity contribution < 1.29 is 22.7 Å². The number of amides is 1. The van der Waals surface area contributed by atoms with E-state index < -0.39 is 12.3 Å². The van der Waals surface area contributed by atoms with Crippen LogP contribution in [-0.4, -0.2) is 22.2 Å². The Morgan fingerprint density at radius 2 is 1.90 bits per heavy atom. The van der Waals surface area contributed by atoms with Gasteiger partial charge in [-0.2, -0.15) is 5.26 Å². The van der Waals surface area contributed by atoms with Gasteiger partial charge in [0.15, 0.2) is 0 Å². The molecule has 30 heavy (non-hydrogen) atoms. The Morgan fingerprint density at radius 3 is 2.60 bits per heavy atom. The van der Waals surface area contributed by atoms with Crippen LogP contribution in [0.25, 0.3) is 0 Å². The summed E-state index contributed by atoms with van der Waals surface area (Å²) in [5.41, 5.74) is 1.77. The van der Waals surface area contributed by atoms with E-state index in [-0.39, 0.29) is 5.75 Å². The van der Waals surface area contributed by atoms with Crippen molar-refractivity contribution in [2.75, 3.05) is 5.32 Å². The van der Waals surface area contributed by atoms with Gasteiger partial charge in [0.25, 0.3) is 5.91 Å². The van der Waals surface area contributed by atoms with Gasteiger partial charge < -0.3 is 10.1 Å². The van der Waals surface area contributed by atoms with Gasteiger partial charge in [0, 0.05) is 23.8 Å². The predicted octanol–water partition coefficient (Wildman–Crippen LogP) is 4.79. The van der Waals surface area contributed by atoms with E-state index in [1.165, 1.54) is 30.1 Å². The van der Waals surface area contributed by atoms with Crippen LogP contribution < -0.4 is 10.1 Å². The van der Waals surface area contributed by atoms with Crippen molar-refractivity contribution in [1.29, 1.82) is 5.26 Å². The molecule has 0 radical (unpaired) electrons. The molecule has 0 aliphatic heterocycles. The third-order valence-electron chi connectivity index (χ3n) is 3.68. The highest BCUT2D eigenvalue weighted by atomic mass is 32.2. The van der Waals surface area contributed by atoms with Crippen molar-refractivity contribution in [3.63, 3.8) is 0 Å². The van der Waals surface area contributed by atoms with Crippen LogP contribution in [0, 0.1) is 11.3 Å². The van der Waals surface area contributed by atoms with Gasteiger partial charge in [0.2, 0.25) is 0 Å². The average molecular weight is 430 g/mol. The third kappa shape index (κ3) is 5.96. The molecule has 1 aromatic carbocycles. The molecule has 2 heterocycles. The summed E-state index contributed by atoms with van der Waals surface area (Å²) in [4.78, 5) is 20.8. The highest BCUT2D eigenvalue weighted by Gasteiger charge is 2.31. The lowest BCUT2D eigenvalue weighted by Gasteiger charge is -2.11. The minimum absolute atomic E-state index is 0.296. The molecule has 1 N–H and O–H groups in total. The zero-order valence-corrected chi connectivity index (χ0v) is 16.0. The molecule has 2 aromatic heterocycles. The van der Waals surface area contributed by atoms with E-state index in [2.05, 4.69) is 20.0 Å². The first-order valence-corrected chi connectivity index (χ1v) is 9.42. The Balaban J connectivity index is 1.68. The molecule has 0 saturated carbocycles. The van der Waals surface area contributed by atoms with Crippen molar-refractivity contribution in [3.05, 3.63) is 77.7 Å². The number of aromatic nitrogens is 2. The fraction of sp³-hybridized carbons (Fsp3) is 0.100. The van der Waals surface area contributed by atoms with Gasteiger partial charge in [0.05, 0.1) is 5.56 Å². The molecular weight excluding hydrogens is 417 g/mol. The van der Waals surface area contributed by atoms with Crippen molar-refractivity contribution in [2.45, 2.75) is 17.1 Å². The summed E-state index contributed by atoms with van der Waals surface area (Å²) in [7, 11) is 0. The minimum Gasteiger partial charge on any atom is -0.406 e. The number of benzene rings is 1. The molecule has 0 unspecified atom stereocenters. The van der Waals surface area contributed by atoms with E-state index in [9.17, 15) is 18.0 Å². The molecule has 0 atom stereocenters. The number of nitriles is 1. The van der Waals surface area contributed by atoms with Crippen LogP contribution in [0.15, 0.2) is 66.0 Å². The summed E-state index contributed by atoms with van der Waals surface area (Å²) in [5, 5.41) is 12.0. The number of carbonyl (C=O) groups excluding carboxylic acids is 1. The Kier molecular flexibility index (Phi) is 6.54. The normalized spacial score (nSPS) is 10.9. The number of thioether (sulfide) groups is 1.